The van der Waals surface area contributed by atoms with Gasteiger partial charge in [0.25, 0.3) is 0 Å². The van der Waals surface area contributed by atoms with Crippen molar-refractivity contribution in [2.75, 3.05) is 26.7 Å². The highest BCUT2D eigenvalue weighted by atomic mass is 32.1. The predicted octanol–water partition coefficient (Wildman–Crippen LogP) is 0.831. The number of hydrogen-bond acceptors (Lipinski definition) is 3. The molecule has 2 aliphatic rings. The quantitative estimate of drug-likeness (QED) is 0.724. The van der Waals surface area contributed by atoms with E-state index in [0.717, 1.165) is 25.0 Å². The number of thiocarbonyl (C=S) groups is 1. The number of nitrogens with zero attached hydrogens (tertiary/aromatic N) is 2. The number of rotatable bonds is 3. The first-order valence-corrected chi connectivity index (χ1v) is 6.30. The smallest absolute Gasteiger partial charge is 0.0740 e. The highest BCUT2D eigenvalue weighted by Gasteiger charge is 2.34. The van der Waals surface area contributed by atoms with Crippen LogP contribution in [-0.4, -0.2) is 53.6 Å². The lowest BCUT2D eigenvalue weighted by Gasteiger charge is -2.25. The Kier molecular flexibility index (Phi) is 3.59. The lowest BCUT2D eigenvalue weighted by Crippen LogP contribution is -2.37. The van der Waals surface area contributed by atoms with Crippen LogP contribution in [0.25, 0.3) is 0 Å². The van der Waals surface area contributed by atoms with Crippen LogP contribution in [0.2, 0.25) is 0 Å². The molecule has 0 aromatic heterocycles. The van der Waals surface area contributed by atoms with Gasteiger partial charge >= 0.3 is 0 Å². The van der Waals surface area contributed by atoms with E-state index in [2.05, 4.69) is 16.8 Å². The van der Waals surface area contributed by atoms with E-state index in [-0.39, 0.29) is 0 Å². The molecule has 2 bridgehead atoms. The van der Waals surface area contributed by atoms with Crippen LogP contribution in [0.15, 0.2) is 0 Å². The maximum Gasteiger partial charge on any atom is 0.0740 e. The van der Waals surface area contributed by atoms with Crippen molar-refractivity contribution >= 4 is 17.2 Å². The molecule has 3 nitrogen and oxygen atoms in total. The summed E-state index contributed by atoms with van der Waals surface area (Å²) in [7, 11) is 2.28. The van der Waals surface area contributed by atoms with Crippen LogP contribution in [0, 0.1) is 0 Å². The summed E-state index contributed by atoms with van der Waals surface area (Å²) in [6.45, 7) is 3.47. The summed E-state index contributed by atoms with van der Waals surface area (Å²) < 4.78 is 0. The van der Waals surface area contributed by atoms with Crippen molar-refractivity contribution in [1.29, 1.82) is 0 Å². The van der Waals surface area contributed by atoms with Crippen molar-refractivity contribution in [3.8, 4) is 0 Å². The molecule has 0 amide bonds. The molecule has 2 heterocycles. The Balaban J connectivity index is 1.86. The van der Waals surface area contributed by atoms with E-state index in [1.54, 1.807) is 0 Å². The molecular formula is C11H21N3S. The SMILES string of the molecule is CN1C2CCC1CN(CCC(N)=S)CC2. The van der Waals surface area contributed by atoms with E-state index in [1.807, 2.05) is 0 Å². The number of fused-ring (bicyclic) bond motifs is 2. The molecule has 0 aromatic carbocycles. The van der Waals surface area contributed by atoms with E-state index in [9.17, 15) is 0 Å². The molecule has 2 saturated heterocycles. The summed E-state index contributed by atoms with van der Waals surface area (Å²) >= 11 is 4.93. The van der Waals surface area contributed by atoms with Crippen LogP contribution < -0.4 is 5.73 Å². The van der Waals surface area contributed by atoms with E-state index in [1.165, 1.54) is 32.4 Å². The molecule has 2 atom stereocenters. The second-order valence-electron chi connectivity index (χ2n) is 4.86. The molecule has 2 unspecified atom stereocenters. The van der Waals surface area contributed by atoms with Gasteiger partial charge in [-0.1, -0.05) is 12.2 Å². The number of likely N-dealkylation sites (tertiary alicyclic amines) is 1. The van der Waals surface area contributed by atoms with Gasteiger partial charge in [0.05, 0.1) is 4.99 Å². The average Bonchev–Trinajstić information content (AvgIpc) is 2.40. The van der Waals surface area contributed by atoms with Gasteiger partial charge in [0.2, 0.25) is 0 Å². The monoisotopic (exact) mass is 227 g/mol. The number of likely N-dealkylation sites (N-methyl/N-ethyl adjacent to an activating group) is 1. The minimum Gasteiger partial charge on any atom is -0.393 e. The zero-order chi connectivity index (χ0) is 10.8. The Bertz CT molecular complexity index is 244. The van der Waals surface area contributed by atoms with Crippen molar-refractivity contribution in [1.82, 2.24) is 9.80 Å². The van der Waals surface area contributed by atoms with Gasteiger partial charge in [-0.05, 0) is 32.9 Å². The molecule has 2 N–H and O–H groups in total. The van der Waals surface area contributed by atoms with Crippen LogP contribution >= 0.6 is 12.2 Å². The Morgan fingerprint density at radius 1 is 1.33 bits per heavy atom. The lowest BCUT2D eigenvalue weighted by atomic mass is 10.1. The Labute approximate surface area is 97.6 Å². The molecule has 0 aliphatic carbocycles. The van der Waals surface area contributed by atoms with E-state index < -0.39 is 0 Å². The van der Waals surface area contributed by atoms with Gasteiger partial charge in [0.15, 0.2) is 0 Å². The highest BCUT2D eigenvalue weighted by molar-refractivity contribution is 7.80. The van der Waals surface area contributed by atoms with E-state index >= 15 is 0 Å². The van der Waals surface area contributed by atoms with Crippen molar-refractivity contribution in [2.45, 2.75) is 37.8 Å². The fraction of sp³-hybridized carbons (Fsp3) is 0.909. The lowest BCUT2D eigenvalue weighted by molar-refractivity contribution is 0.222. The largest absolute Gasteiger partial charge is 0.393 e. The van der Waals surface area contributed by atoms with Gasteiger partial charge in [-0.25, -0.2) is 0 Å². The molecule has 2 aliphatic heterocycles. The minimum atomic E-state index is 0.651. The van der Waals surface area contributed by atoms with Crippen molar-refractivity contribution in [3.63, 3.8) is 0 Å². The van der Waals surface area contributed by atoms with Crippen molar-refractivity contribution < 1.29 is 0 Å². The summed E-state index contributed by atoms with van der Waals surface area (Å²) in [6, 6.07) is 1.59. The predicted molar refractivity (Wildman–Crippen MR) is 67.0 cm³/mol. The summed E-state index contributed by atoms with van der Waals surface area (Å²) in [6.07, 6.45) is 4.94. The summed E-state index contributed by atoms with van der Waals surface area (Å²) in [4.78, 5) is 5.75. The number of nitrogens with two attached hydrogens (primary N) is 1. The van der Waals surface area contributed by atoms with Crippen molar-refractivity contribution in [2.24, 2.45) is 5.73 Å². The Hall–Kier alpha value is -0.190. The molecule has 86 valence electrons. The molecule has 15 heavy (non-hydrogen) atoms. The van der Waals surface area contributed by atoms with Gasteiger partial charge in [0, 0.05) is 31.6 Å². The van der Waals surface area contributed by atoms with Crippen LogP contribution in [0.4, 0.5) is 0 Å². The molecule has 0 saturated carbocycles. The van der Waals surface area contributed by atoms with E-state index in [4.69, 9.17) is 18.0 Å². The molecule has 2 rings (SSSR count). The van der Waals surface area contributed by atoms with Gasteiger partial charge in [-0.2, -0.15) is 0 Å². The summed E-state index contributed by atoms with van der Waals surface area (Å²) in [5.74, 6) is 0. The highest BCUT2D eigenvalue weighted by Crippen LogP contribution is 2.28. The van der Waals surface area contributed by atoms with Gasteiger partial charge in [-0.3, -0.25) is 4.90 Å². The number of hydrogen-bond donors (Lipinski definition) is 1. The first-order valence-electron chi connectivity index (χ1n) is 5.89. The minimum absolute atomic E-state index is 0.651. The van der Waals surface area contributed by atoms with Crippen LogP contribution in [0.1, 0.15) is 25.7 Å². The molecule has 4 heteroatoms. The third kappa shape index (κ3) is 2.68. The standard InChI is InChI=1S/C11H21N3S/c1-13-9-2-3-10(13)8-14(6-4-9)7-5-11(12)15/h9-10H,2-8H2,1H3,(H2,12,15). The summed E-state index contributed by atoms with van der Waals surface area (Å²) in [5, 5.41) is 0. The van der Waals surface area contributed by atoms with Gasteiger partial charge in [0.1, 0.15) is 0 Å². The van der Waals surface area contributed by atoms with Gasteiger partial charge < -0.3 is 10.6 Å². The molecule has 2 fully saturated rings. The second-order valence-corrected chi connectivity index (χ2v) is 5.38. The Morgan fingerprint density at radius 2 is 2.07 bits per heavy atom. The normalized spacial score (nSPS) is 32.9. The maximum atomic E-state index is 5.55. The molecule has 0 radical (unpaired) electrons. The van der Waals surface area contributed by atoms with E-state index in [0.29, 0.717) is 4.99 Å². The van der Waals surface area contributed by atoms with Crippen LogP contribution in [-0.2, 0) is 0 Å². The van der Waals surface area contributed by atoms with Gasteiger partial charge in [-0.15, -0.1) is 0 Å². The third-order valence-electron chi connectivity index (χ3n) is 3.91. The fourth-order valence-electron chi connectivity index (χ4n) is 2.85. The van der Waals surface area contributed by atoms with Crippen molar-refractivity contribution in [3.05, 3.63) is 0 Å². The molecular weight excluding hydrogens is 206 g/mol. The second kappa shape index (κ2) is 4.76. The molecule has 0 spiro atoms. The zero-order valence-electron chi connectivity index (χ0n) is 9.48. The molecule has 0 aromatic rings. The Morgan fingerprint density at radius 3 is 2.80 bits per heavy atom. The zero-order valence-corrected chi connectivity index (χ0v) is 10.3. The topological polar surface area (TPSA) is 32.5 Å². The third-order valence-corrected chi connectivity index (χ3v) is 4.11. The summed E-state index contributed by atoms with van der Waals surface area (Å²) in [5.41, 5.74) is 5.55. The maximum absolute atomic E-state index is 5.55. The van der Waals surface area contributed by atoms with Crippen LogP contribution in [0.3, 0.4) is 0 Å². The fourth-order valence-corrected chi connectivity index (χ4v) is 2.94. The van der Waals surface area contributed by atoms with Crippen LogP contribution in [0.5, 0.6) is 0 Å². The average molecular weight is 227 g/mol. The first kappa shape index (κ1) is 11.3. The first-order chi connectivity index (χ1) is 7.16.